The number of ether oxygens (including phenoxy) is 5. The molecule has 10 heteroatoms. The summed E-state index contributed by atoms with van der Waals surface area (Å²) in [7, 11) is 2.80. The number of methoxy groups -OCH3 is 2. The Hall–Kier alpha value is -5.53. The highest BCUT2D eigenvalue weighted by Gasteiger charge is 2.23. The first kappa shape index (κ1) is 33.4. The van der Waals surface area contributed by atoms with Crippen LogP contribution in [0.3, 0.4) is 0 Å². The van der Waals surface area contributed by atoms with E-state index in [-0.39, 0.29) is 24.0 Å². The number of nitrogens with one attached hydrogen (secondary N) is 2. The molecule has 2 heterocycles. The van der Waals surface area contributed by atoms with Crippen LogP contribution < -0.4 is 24.8 Å². The van der Waals surface area contributed by atoms with E-state index in [0.29, 0.717) is 67.6 Å². The van der Waals surface area contributed by atoms with Gasteiger partial charge in [0.05, 0.1) is 56.2 Å². The molecule has 4 bridgehead atoms. The first-order valence-electron chi connectivity index (χ1n) is 16.3. The fourth-order valence-corrected chi connectivity index (χ4v) is 6.07. The molecule has 0 aliphatic carbocycles. The number of nitriles is 1. The first-order chi connectivity index (χ1) is 23.8. The third-order valence-electron chi connectivity index (χ3n) is 8.80. The van der Waals surface area contributed by atoms with Crippen LogP contribution in [0.2, 0.25) is 0 Å². The molecule has 0 radical (unpaired) electrons. The van der Waals surface area contributed by atoms with Gasteiger partial charge in [0, 0.05) is 18.7 Å². The van der Waals surface area contributed by atoms with Crippen LogP contribution in [-0.4, -0.2) is 52.0 Å². The van der Waals surface area contributed by atoms with E-state index in [1.165, 1.54) is 14.2 Å². The van der Waals surface area contributed by atoms with Crippen molar-refractivity contribution in [2.24, 2.45) is 0 Å². The molecular formula is C39H39N3O7. The predicted octanol–water partition coefficient (Wildman–Crippen LogP) is 6.61. The minimum Gasteiger partial charge on any atom is -0.494 e. The second kappa shape index (κ2) is 15.1. The zero-order valence-electron chi connectivity index (χ0n) is 27.9. The van der Waals surface area contributed by atoms with Crippen LogP contribution in [0.5, 0.6) is 17.2 Å². The van der Waals surface area contributed by atoms with Crippen molar-refractivity contribution in [1.29, 1.82) is 5.26 Å². The maximum atomic E-state index is 13.8. The highest BCUT2D eigenvalue weighted by molar-refractivity contribution is 6.00. The molecule has 2 aliphatic heterocycles. The molecule has 49 heavy (non-hydrogen) atoms. The van der Waals surface area contributed by atoms with Crippen molar-refractivity contribution in [2.45, 2.75) is 45.3 Å². The summed E-state index contributed by atoms with van der Waals surface area (Å²) in [6, 6.07) is 23.0. The van der Waals surface area contributed by atoms with Crippen molar-refractivity contribution in [3.63, 3.8) is 0 Å². The molecule has 1 fully saturated rings. The fraction of sp³-hybridized carbons (Fsp3) is 0.308. The van der Waals surface area contributed by atoms with Crippen molar-refractivity contribution in [3.05, 3.63) is 100 Å². The molecular weight excluding hydrogens is 622 g/mol. The number of hydrogen-bond acceptors (Lipinski definition) is 9. The van der Waals surface area contributed by atoms with Crippen LogP contribution >= 0.6 is 0 Å². The van der Waals surface area contributed by atoms with Gasteiger partial charge in [-0.05, 0) is 96.5 Å². The minimum absolute atomic E-state index is 0.0288. The number of carbonyl (C=O) groups excluding carboxylic acids is 2. The van der Waals surface area contributed by atoms with Gasteiger partial charge in [-0.2, -0.15) is 5.26 Å². The third-order valence-corrected chi connectivity index (χ3v) is 8.80. The van der Waals surface area contributed by atoms with E-state index in [1.54, 1.807) is 12.1 Å². The number of benzene rings is 4. The number of aryl methyl sites for hydroxylation is 2. The van der Waals surface area contributed by atoms with E-state index >= 15 is 0 Å². The largest absolute Gasteiger partial charge is 0.494 e. The number of nitrogens with zero attached hydrogens (tertiary/aromatic N) is 1. The van der Waals surface area contributed by atoms with Crippen molar-refractivity contribution < 1.29 is 33.3 Å². The highest BCUT2D eigenvalue weighted by atomic mass is 16.5. The molecule has 2 N–H and O–H groups in total. The quantitative estimate of drug-likeness (QED) is 0.200. The molecule has 1 amide bonds. The van der Waals surface area contributed by atoms with Crippen molar-refractivity contribution in [2.75, 3.05) is 44.6 Å². The number of esters is 1. The molecule has 4 aromatic carbocycles. The monoisotopic (exact) mass is 661 g/mol. The summed E-state index contributed by atoms with van der Waals surface area (Å²) < 4.78 is 28.7. The second-order valence-corrected chi connectivity index (χ2v) is 12.1. The van der Waals surface area contributed by atoms with E-state index in [9.17, 15) is 14.9 Å². The lowest BCUT2D eigenvalue weighted by Gasteiger charge is -2.27. The number of hydrogen-bond donors (Lipinski definition) is 2. The van der Waals surface area contributed by atoms with Crippen LogP contribution in [0.1, 0.15) is 51.0 Å². The van der Waals surface area contributed by atoms with Crippen molar-refractivity contribution in [1.82, 2.24) is 0 Å². The van der Waals surface area contributed by atoms with Gasteiger partial charge in [0.25, 0.3) is 0 Å². The van der Waals surface area contributed by atoms with Crippen molar-refractivity contribution in [3.8, 4) is 34.4 Å². The predicted molar refractivity (Wildman–Crippen MR) is 185 cm³/mol. The first-order valence-corrected chi connectivity index (χ1v) is 16.3. The molecule has 0 saturated carbocycles. The Morgan fingerprint density at radius 3 is 2.61 bits per heavy atom. The van der Waals surface area contributed by atoms with Crippen molar-refractivity contribution >= 4 is 23.3 Å². The number of rotatable bonds is 8. The van der Waals surface area contributed by atoms with Gasteiger partial charge in [0.1, 0.15) is 29.5 Å². The normalized spacial score (nSPS) is 15.1. The van der Waals surface area contributed by atoms with Gasteiger partial charge >= 0.3 is 5.97 Å². The van der Waals surface area contributed by atoms with E-state index < -0.39 is 5.97 Å². The van der Waals surface area contributed by atoms with Crippen LogP contribution in [0.25, 0.3) is 11.1 Å². The van der Waals surface area contributed by atoms with Gasteiger partial charge < -0.3 is 34.3 Å². The number of carbonyl (C=O) groups is 2. The minimum atomic E-state index is -0.520. The average molecular weight is 662 g/mol. The van der Waals surface area contributed by atoms with Gasteiger partial charge in [0.15, 0.2) is 0 Å². The molecule has 2 aliphatic rings. The van der Waals surface area contributed by atoms with Gasteiger partial charge in [-0.1, -0.05) is 24.3 Å². The molecule has 0 unspecified atom stereocenters. The molecule has 0 aromatic heterocycles. The molecule has 1 atom stereocenters. The summed E-state index contributed by atoms with van der Waals surface area (Å²) in [5, 5.41) is 15.8. The van der Waals surface area contributed by atoms with Crippen LogP contribution in [-0.2, 0) is 33.7 Å². The average Bonchev–Trinajstić information content (AvgIpc) is 3.09. The topological polar surface area (TPSA) is 128 Å². The maximum absolute atomic E-state index is 13.8. The highest BCUT2D eigenvalue weighted by Crippen LogP contribution is 2.37. The molecule has 0 spiro atoms. The number of anilines is 2. The Kier molecular flexibility index (Phi) is 10.3. The standard InChI is InChI=1S/C39H39N3O7/c1-24-14-29(19-37(43)42-38-34(41-22-32-11-13-47-32)17-30(39(44)46-3)18-36(38)45-2)35-20-33(24)27-6-4-8-31(16-27)49-23-28-10-9-25(21-40)15-26(28)7-5-12-48-35/h4,6,8-10,14-18,20,32,41H,5,7,11-13,19,22-23H2,1-3H3,(H,42,43)/t32-/m0/s1. The Bertz CT molecular complexity index is 1910. The lowest BCUT2D eigenvalue weighted by molar-refractivity contribution is -0.115. The number of amides is 1. The Morgan fingerprint density at radius 1 is 1.00 bits per heavy atom. The number of fused-ring (bicyclic) bond motifs is 6. The summed E-state index contributed by atoms with van der Waals surface area (Å²) in [5.41, 5.74) is 7.55. The SMILES string of the molecule is COC(=O)c1cc(NC[C@@H]2CCO2)c(NC(=O)Cc2cc(C)c3cc2OCCCc2cc(C#N)ccc2COc2cccc-3c2)c(OC)c1. The molecule has 4 aromatic rings. The van der Waals surface area contributed by atoms with Crippen LogP contribution in [0.15, 0.2) is 66.7 Å². The Labute approximate surface area is 285 Å². The Morgan fingerprint density at radius 2 is 1.86 bits per heavy atom. The van der Waals surface area contributed by atoms with E-state index in [0.717, 1.165) is 45.6 Å². The summed E-state index contributed by atoms with van der Waals surface area (Å²) in [6.07, 6.45) is 2.39. The molecule has 6 rings (SSSR count). The Balaban J connectivity index is 1.29. The van der Waals surface area contributed by atoms with Crippen LogP contribution in [0.4, 0.5) is 11.4 Å². The van der Waals surface area contributed by atoms with E-state index in [1.807, 2.05) is 61.5 Å². The lowest BCUT2D eigenvalue weighted by Crippen LogP contribution is -2.33. The van der Waals surface area contributed by atoms with E-state index in [4.69, 9.17) is 23.7 Å². The smallest absolute Gasteiger partial charge is 0.338 e. The zero-order chi connectivity index (χ0) is 34.3. The van der Waals surface area contributed by atoms with Gasteiger partial charge in [-0.15, -0.1) is 0 Å². The maximum Gasteiger partial charge on any atom is 0.338 e. The van der Waals surface area contributed by atoms with Gasteiger partial charge in [-0.25, -0.2) is 4.79 Å². The van der Waals surface area contributed by atoms with Gasteiger partial charge in [0.2, 0.25) is 5.91 Å². The molecule has 1 saturated heterocycles. The lowest BCUT2D eigenvalue weighted by atomic mass is 9.96. The zero-order valence-corrected chi connectivity index (χ0v) is 27.9. The second-order valence-electron chi connectivity index (χ2n) is 12.1. The molecule has 252 valence electrons. The summed E-state index contributed by atoms with van der Waals surface area (Å²) >= 11 is 0. The van der Waals surface area contributed by atoms with E-state index in [2.05, 4.69) is 16.7 Å². The van der Waals surface area contributed by atoms with Gasteiger partial charge in [-0.3, -0.25) is 4.79 Å². The van der Waals surface area contributed by atoms with Crippen LogP contribution in [0, 0.1) is 18.3 Å². The molecule has 10 nitrogen and oxygen atoms in total. The summed E-state index contributed by atoms with van der Waals surface area (Å²) in [6.45, 7) is 4.03. The summed E-state index contributed by atoms with van der Waals surface area (Å²) in [5.74, 6) is 0.856. The third kappa shape index (κ3) is 7.79. The fourth-order valence-electron chi connectivity index (χ4n) is 6.07. The summed E-state index contributed by atoms with van der Waals surface area (Å²) in [4.78, 5) is 26.2.